The minimum Gasteiger partial charge on any atom is -0.381 e. The van der Waals surface area contributed by atoms with Gasteiger partial charge in [-0.25, -0.2) is 0 Å². The molecule has 16 heavy (non-hydrogen) atoms. The first-order chi connectivity index (χ1) is 7.42. The van der Waals surface area contributed by atoms with E-state index in [2.05, 4.69) is 26.1 Å². The topological polar surface area (TPSA) is 41.6 Å². The Morgan fingerprint density at radius 2 is 1.94 bits per heavy atom. The molecule has 1 fully saturated rings. The maximum absolute atomic E-state index is 11.9. The van der Waals surface area contributed by atoms with Gasteiger partial charge in [-0.05, 0) is 33.6 Å². The largest absolute Gasteiger partial charge is 0.381 e. The van der Waals surface area contributed by atoms with Crippen molar-refractivity contribution in [1.29, 1.82) is 0 Å². The molecule has 0 aromatic rings. The number of methoxy groups -OCH3 is 1. The summed E-state index contributed by atoms with van der Waals surface area (Å²) in [5, 5.41) is 3.22. The van der Waals surface area contributed by atoms with Gasteiger partial charge >= 0.3 is 0 Å². The van der Waals surface area contributed by atoms with Gasteiger partial charge < -0.3 is 15.0 Å². The summed E-state index contributed by atoms with van der Waals surface area (Å²) in [6.45, 7) is 8.28. The highest BCUT2D eigenvalue weighted by atomic mass is 16.5. The van der Waals surface area contributed by atoms with Gasteiger partial charge in [-0.15, -0.1) is 0 Å². The normalized spacial score (nSPS) is 18.9. The fourth-order valence-corrected chi connectivity index (χ4v) is 1.79. The van der Waals surface area contributed by atoms with Crippen LogP contribution in [0.5, 0.6) is 0 Å². The molecule has 0 unspecified atom stereocenters. The van der Waals surface area contributed by atoms with Crippen molar-refractivity contribution in [1.82, 2.24) is 10.2 Å². The highest BCUT2D eigenvalue weighted by Gasteiger charge is 2.23. The third-order valence-electron chi connectivity index (χ3n) is 2.90. The molecule has 0 atom stereocenters. The lowest BCUT2D eigenvalue weighted by molar-refractivity contribution is -0.132. The van der Waals surface area contributed by atoms with E-state index in [1.165, 1.54) is 0 Å². The molecule has 0 bridgehead atoms. The van der Waals surface area contributed by atoms with Crippen molar-refractivity contribution in [2.24, 2.45) is 0 Å². The predicted molar refractivity (Wildman–Crippen MR) is 64.4 cm³/mol. The number of amides is 1. The number of nitrogens with one attached hydrogen (secondary N) is 1. The van der Waals surface area contributed by atoms with E-state index in [0.717, 1.165) is 25.9 Å². The van der Waals surface area contributed by atoms with Gasteiger partial charge in [0.05, 0.1) is 12.6 Å². The SMILES string of the molecule is COC1CCN(C(=O)CNC(C)(C)C)CC1. The average Bonchev–Trinajstić information content (AvgIpc) is 2.25. The van der Waals surface area contributed by atoms with Gasteiger partial charge in [0.15, 0.2) is 0 Å². The molecule has 1 saturated heterocycles. The number of hydrogen-bond acceptors (Lipinski definition) is 3. The van der Waals surface area contributed by atoms with Crippen LogP contribution in [0.3, 0.4) is 0 Å². The van der Waals surface area contributed by atoms with Crippen molar-refractivity contribution in [3.8, 4) is 0 Å². The summed E-state index contributed by atoms with van der Waals surface area (Å²) in [6, 6.07) is 0. The number of piperidine rings is 1. The van der Waals surface area contributed by atoms with E-state index in [4.69, 9.17) is 4.74 Å². The van der Waals surface area contributed by atoms with E-state index in [9.17, 15) is 4.79 Å². The number of ether oxygens (including phenoxy) is 1. The van der Waals surface area contributed by atoms with Crippen LogP contribution in [0.4, 0.5) is 0 Å². The van der Waals surface area contributed by atoms with E-state index in [1.807, 2.05) is 4.90 Å². The molecule has 0 saturated carbocycles. The van der Waals surface area contributed by atoms with E-state index < -0.39 is 0 Å². The summed E-state index contributed by atoms with van der Waals surface area (Å²) in [5.74, 6) is 0.199. The molecule has 0 aliphatic carbocycles. The van der Waals surface area contributed by atoms with Crippen LogP contribution in [0, 0.1) is 0 Å². The second-order valence-corrected chi connectivity index (χ2v) is 5.42. The molecular weight excluding hydrogens is 204 g/mol. The molecule has 1 aliphatic rings. The number of likely N-dealkylation sites (tertiary alicyclic amines) is 1. The fraction of sp³-hybridized carbons (Fsp3) is 0.917. The minimum atomic E-state index is 0.000508. The third kappa shape index (κ3) is 4.49. The standard InChI is InChI=1S/C12H24N2O2/c1-12(2,3)13-9-11(15)14-7-5-10(16-4)6-8-14/h10,13H,5-9H2,1-4H3. The van der Waals surface area contributed by atoms with Crippen LogP contribution in [0.1, 0.15) is 33.6 Å². The lowest BCUT2D eigenvalue weighted by atomic mass is 10.1. The van der Waals surface area contributed by atoms with Crippen LogP contribution in [0.15, 0.2) is 0 Å². The van der Waals surface area contributed by atoms with E-state index in [-0.39, 0.29) is 11.4 Å². The molecule has 0 spiro atoms. The first-order valence-electron chi connectivity index (χ1n) is 5.98. The molecule has 1 N–H and O–H groups in total. The second kappa shape index (κ2) is 5.64. The molecule has 1 aliphatic heterocycles. The molecular formula is C12H24N2O2. The van der Waals surface area contributed by atoms with Gasteiger partial charge in [-0.3, -0.25) is 4.79 Å². The molecule has 4 nitrogen and oxygen atoms in total. The Kier molecular flexibility index (Phi) is 4.74. The Balaban J connectivity index is 2.28. The zero-order valence-corrected chi connectivity index (χ0v) is 10.9. The van der Waals surface area contributed by atoms with Crippen LogP contribution < -0.4 is 5.32 Å². The molecule has 4 heteroatoms. The number of carbonyl (C=O) groups excluding carboxylic acids is 1. The van der Waals surface area contributed by atoms with E-state index >= 15 is 0 Å². The van der Waals surface area contributed by atoms with Crippen LogP contribution in [-0.4, -0.2) is 49.2 Å². The van der Waals surface area contributed by atoms with Gasteiger partial charge in [0.2, 0.25) is 5.91 Å². The Labute approximate surface area is 98.3 Å². The quantitative estimate of drug-likeness (QED) is 0.784. The van der Waals surface area contributed by atoms with Crippen molar-refractivity contribution in [2.75, 3.05) is 26.7 Å². The monoisotopic (exact) mass is 228 g/mol. The number of hydrogen-bond donors (Lipinski definition) is 1. The zero-order valence-electron chi connectivity index (χ0n) is 10.9. The Bertz CT molecular complexity index is 228. The summed E-state index contributed by atoms with van der Waals surface area (Å²) >= 11 is 0. The fourth-order valence-electron chi connectivity index (χ4n) is 1.79. The number of carbonyl (C=O) groups is 1. The van der Waals surface area contributed by atoms with E-state index in [1.54, 1.807) is 7.11 Å². The highest BCUT2D eigenvalue weighted by molar-refractivity contribution is 5.78. The molecule has 1 rings (SSSR count). The van der Waals surface area contributed by atoms with Gasteiger partial charge in [-0.1, -0.05) is 0 Å². The average molecular weight is 228 g/mol. The van der Waals surface area contributed by atoms with Crippen LogP contribution >= 0.6 is 0 Å². The molecule has 0 radical (unpaired) electrons. The smallest absolute Gasteiger partial charge is 0.236 e. The molecule has 94 valence electrons. The molecule has 1 amide bonds. The van der Waals surface area contributed by atoms with Gasteiger partial charge in [-0.2, -0.15) is 0 Å². The summed E-state index contributed by atoms with van der Waals surface area (Å²) in [7, 11) is 1.74. The maximum atomic E-state index is 11.9. The van der Waals surface area contributed by atoms with Gasteiger partial charge in [0.25, 0.3) is 0 Å². The molecule has 1 heterocycles. The third-order valence-corrected chi connectivity index (χ3v) is 2.90. The van der Waals surface area contributed by atoms with Crippen molar-refractivity contribution < 1.29 is 9.53 Å². The minimum absolute atomic E-state index is 0.000508. The van der Waals surface area contributed by atoms with Crippen LogP contribution in [0.25, 0.3) is 0 Å². The summed E-state index contributed by atoms with van der Waals surface area (Å²) in [6.07, 6.45) is 2.25. The van der Waals surface area contributed by atoms with Crippen molar-refractivity contribution in [3.05, 3.63) is 0 Å². The number of nitrogens with zero attached hydrogens (tertiary/aromatic N) is 1. The first-order valence-corrected chi connectivity index (χ1v) is 5.98. The van der Waals surface area contributed by atoms with E-state index in [0.29, 0.717) is 12.6 Å². The highest BCUT2D eigenvalue weighted by Crippen LogP contribution is 2.12. The second-order valence-electron chi connectivity index (χ2n) is 5.42. The first kappa shape index (κ1) is 13.5. The van der Waals surface area contributed by atoms with Crippen molar-refractivity contribution in [2.45, 2.75) is 45.3 Å². The summed E-state index contributed by atoms with van der Waals surface area (Å²) in [4.78, 5) is 13.8. The Hall–Kier alpha value is -0.610. The Morgan fingerprint density at radius 1 is 1.38 bits per heavy atom. The van der Waals surface area contributed by atoms with Gasteiger partial charge in [0.1, 0.15) is 0 Å². The lowest BCUT2D eigenvalue weighted by Gasteiger charge is -2.32. The number of rotatable bonds is 3. The summed E-state index contributed by atoms with van der Waals surface area (Å²) < 4.78 is 5.28. The molecule has 0 aromatic heterocycles. The van der Waals surface area contributed by atoms with Crippen molar-refractivity contribution >= 4 is 5.91 Å². The van der Waals surface area contributed by atoms with Crippen LogP contribution in [0.2, 0.25) is 0 Å². The van der Waals surface area contributed by atoms with Gasteiger partial charge in [0, 0.05) is 25.7 Å². The van der Waals surface area contributed by atoms with Crippen LogP contribution in [-0.2, 0) is 9.53 Å². The summed E-state index contributed by atoms with van der Waals surface area (Å²) in [5.41, 5.74) is 0.000508. The maximum Gasteiger partial charge on any atom is 0.236 e. The zero-order chi connectivity index (χ0) is 12.2. The lowest BCUT2D eigenvalue weighted by Crippen LogP contribution is -2.48. The predicted octanol–water partition coefficient (Wildman–Crippen LogP) is 1.01. The Morgan fingerprint density at radius 3 is 2.38 bits per heavy atom. The molecule has 0 aromatic carbocycles. The van der Waals surface area contributed by atoms with Crippen molar-refractivity contribution in [3.63, 3.8) is 0 Å².